The maximum Gasteiger partial charge on any atom is 0.271 e. The van der Waals surface area contributed by atoms with Gasteiger partial charge in [0.15, 0.2) is 0 Å². The lowest BCUT2D eigenvalue weighted by molar-refractivity contribution is -0.384. The minimum absolute atomic E-state index is 0.0885. The molecule has 0 aliphatic rings. The van der Waals surface area contributed by atoms with Crippen LogP contribution in [0.5, 0.6) is 0 Å². The normalized spacial score (nSPS) is 11.2. The summed E-state index contributed by atoms with van der Waals surface area (Å²) in [5.74, 6) is 0. The van der Waals surface area contributed by atoms with Crippen LogP contribution in [0.3, 0.4) is 0 Å². The molecule has 0 spiro atoms. The average Bonchev–Trinajstić information content (AvgIpc) is 2.36. The second kappa shape index (κ2) is 5.63. The summed E-state index contributed by atoms with van der Waals surface area (Å²) in [4.78, 5) is 10.2. The molecule has 0 aromatic heterocycles. The standard InChI is InChI=1S/C12H19N3O2/c1-3-12(13,4-2)9-14-10-6-5-7-11(8-10)15(16)17/h5-8,14H,3-4,9,13H2,1-2H3. The smallest absolute Gasteiger partial charge is 0.271 e. The van der Waals surface area contributed by atoms with Gasteiger partial charge >= 0.3 is 0 Å². The van der Waals surface area contributed by atoms with E-state index in [1.807, 2.05) is 13.8 Å². The Morgan fingerprint density at radius 2 is 2.06 bits per heavy atom. The van der Waals surface area contributed by atoms with Crippen LogP contribution < -0.4 is 11.1 Å². The molecule has 1 rings (SSSR count). The minimum atomic E-state index is -0.402. The van der Waals surface area contributed by atoms with E-state index in [0.717, 1.165) is 18.5 Å². The summed E-state index contributed by atoms with van der Waals surface area (Å²) in [5.41, 5.74) is 6.71. The molecule has 0 radical (unpaired) electrons. The van der Waals surface area contributed by atoms with Gasteiger partial charge in [-0.2, -0.15) is 0 Å². The Labute approximate surface area is 101 Å². The molecule has 5 nitrogen and oxygen atoms in total. The summed E-state index contributed by atoms with van der Waals surface area (Å²) in [6.07, 6.45) is 1.73. The van der Waals surface area contributed by atoms with Gasteiger partial charge in [0, 0.05) is 29.9 Å². The molecule has 0 saturated carbocycles. The maximum atomic E-state index is 10.6. The van der Waals surface area contributed by atoms with Gasteiger partial charge < -0.3 is 11.1 Å². The summed E-state index contributed by atoms with van der Waals surface area (Å²) in [6, 6.07) is 6.46. The zero-order chi connectivity index (χ0) is 12.9. The van der Waals surface area contributed by atoms with Crippen molar-refractivity contribution in [2.24, 2.45) is 5.73 Å². The number of nitrogens with two attached hydrogens (primary N) is 1. The first-order valence-electron chi connectivity index (χ1n) is 5.78. The van der Waals surface area contributed by atoms with Crippen LogP contribution in [0.15, 0.2) is 24.3 Å². The van der Waals surface area contributed by atoms with E-state index in [2.05, 4.69) is 5.32 Å². The minimum Gasteiger partial charge on any atom is -0.383 e. The summed E-state index contributed by atoms with van der Waals surface area (Å²) >= 11 is 0. The fourth-order valence-electron chi connectivity index (χ4n) is 1.51. The quantitative estimate of drug-likeness (QED) is 0.588. The highest BCUT2D eigenvalue weighted by Crippen LogP contribution is 2.19. The molecule has 5 heteroatoms. The van der Waals surface area contributed by atoms with E-state index in [1.54, 1.807) is 12.1 Å². The van der Waals surface area contributed by atoms with Crippen LogP contribution in [0, 0.1) is 10.1 Å². The van der Waals surface area contributed by atoms with Crippen molar-refractivity contribution in [3.05, 3.63) is 34.4 Å². The fourth-order valence-corrected chi connectivity index (χ4v) is 1.51. The second-order valence-corrected chi connectivity index (χ2v) is 4.23. The molecule has 3 N–H and O–H groups in total. The number of hydrogen-bond acceptors (Lipinski definition) is 4. The van der Waals surface area contributed by atoms with Crippen LogP contribution in [0.1, 0.15) is 26.7 Å². The second-order valence-electron chi connectivity index (χ2n) is 4.23. The Balaban J connectivity index is 2.69. The first-order chi connectivity index (χ1) is 8.00. The largest absolute Gasteiger partial charge is 0.383 e. The third-order valence-corrected chi connectivity index (χ3v) is 3.11. The van der Waals surface area contributed by atoms with Crippen LogP contribution in [-0.4, -0.2) is 17.0 Å². The van der Waals surface area contributed by atoms with Crippen molar-refractivity contribution in [2.45, 2.75) is 32.2 Å². The SMILES string of the molecule is CCC(N)(CC)CNc1cccc([N+](=O)[O-])c1. The molecule has 0 unspecified atom stereocenters. The third kappa shape index (κ3) is 3.71. The number of nitro groups is 1. The molecule has 0 aliphatic carbocycles. The molecule has 1 aromatic rings. The lowest BCUT2D eigenvalue weighted by Crippen LogP contribution is -2.45. The summed E-state index contributed by atoms with van der Waals surface area (Å²) in [5, 5.41) is 13.8. The number of benzene rings is 1. The van der Waals surface area contributed by atoms with Crippen LogP contribution in [0.25, 0.3) is 0 Å². The van der Waals surface area contributed by atoms with Gasteiger partial charge in [-0.1, -0.05) is 19.9 Å². The lowest BCUT2D eigenvalue weighted by Gasteiger charge is -2.27. The van der Waals surface area contributed by atoms with E-state index in [9.17, 15) is 10.1 Å². The number of non-ortho nitro benzene ring substituents is 1. The Morgan fingerprint density at radius 3 is 2.59 bits per heavy atom. The number of nitrogens with one attached hydrogen (secondary N) is 1. The summed E-state index contributed by atoms with van der Waals surface area (Å²) in [7, 11) is 0. The number of rotatable bonds is 6. The van der Waals surface area contributed by atoms with Crippen LogP contribution in [0.2, 0.25) is 0 Å². The zero-order valence-corrected chi connectivity index (χ0v) is 10.3. The summed E-state index contributed by atoms with van der Waals surface area (Å²) in [6.45, 7) is 4.69. The molecule has 1 aromatic carbocycles. The molecule has 0 aliphatic heterocycles. The van der Waals surface area contributed by atoms with Gasteiger partial charge in [-0.25, -0.2) is 0 Å². The Bertz CT molecular complexity index is 389. The van der Waals surface area contributed by atoms with Crippen molar-refractivity contribution in [3.8, 4) is 0 Å². The molecular weight excluding hydrogens is 218 g/mol. The molecule has 0 amide bonds. The van der Waals surface area contributed by atoms with Gasteiger partial charge in [0.25, 0.3) is 5.69 Å². The Morgan fingerprint density at radius 1 is 1.41 bits per heavy atom. The van der Waals surface area contributed by atoms with E-state index in [0.29, 0.717) is 6.54 Å². The van der Waals surface area contributed by atoms with Crippen molar-refractivity contribution < 1.29 is 4.92 Å². The highest BCUT2D eigenvalue weighted by Gasteiger charge is 2.19. The topological polar surface area (TPSA) is 81.2 Å². The van der Waals surface area contributed by atoms with Crippen LogP contribution >= 0.6 is 0 Å². The highest BCUT2D eigenvalue weighted by atomic mass is 16.6. The number of nitrogens with zero attached hydrogens (tertiary/aromatic N) is 1. The molecule has 0 saturated heterocycles. The van der Waals surface area contributed by atoms with Crippen LogP contribution in [-0.2, 0) is 0 Å². The fraction of sp³-hybridized carbons (Fsp3) is 0.500. The van der Waals surface area contributed by atoms with Crippen molar-refractivity contribution in [3.63, 3.8) is 0 Å². The first-order valence-corrected chi connectivity index (χ1v) is 5.78. The van der Waals surface area contributed by atoms with Gasteiger partial charge in [0.2, 0.25) is 0 Å². The predicted octanol–water partition coefficient (Wildman–Crippen LogP) is 2.52. The first kappa shape index (κ1) is 13.4. The highest BCUT2D eigenvalue weighted by molar-refractivity contribution is 5.51. The molecule has 17 heavy (non-hydrogen) atoms. The van der Waals surface area contributed by atoms with E-state index in [-0.39, 0.29) is 11.2 Å². The maximum absolute atomic E-state index is 10.6. The molecule has 94 valence electrons. The molecule has 0 heterocycles. The van der Waals surface area contributed by atoms with E-state index >= 15 is 0 Å². The monoisotopic (exact) mass is 237 g/mol. The number of hydrogen-bond donors (Lipinski definition) is 2. The molecule has 0 bridgehead atoms. The number of nitro benzene ring substituents is 1. The molecule has 0 fully saturated rings. The predicted molar refractivity (Wildman–Crippen MR) is 69.1 cm³/mol. The summed E-state index contributed by atoms with van der Waals surface area (Å²) < 4.78 is 0. The van der Waals surface area contributed by atoms with Gasteiger partial charge in [-0.05, 0) is 18.9 Å². The van der Waals surface area contributed by atoms with Gasteiger partial charge in [0.05, 0.1) is 4.92 Å². The van der Waals surface area contributed by atoms with Crippen molar-refractivity contribution in [1.29, 1.82) is 0 Å². The third-order valence-electron chi connectivity index (χ3n) is 3.11. The Kier molecular flexibility index (Phi) is 4.45. The van der Waals surface area contributed by atoms with Gasteiger partial charge in [-0.3, -0.25) is 10.1 Å². The Hall–Kier alpha value is -1.62. The lowest BCUT2D eigenvalue weighted by atomic mass is 9.94. The van der Waals surface area contributed by atoms with E-state index in [1.165, 1.54) is 12.1 Å². The van der Waals surface area contributed by atoms with E-state index < -0.39 is 4.92 Å². The molecular formula is C12H19N3O2. The van der Waals surface area contributed by atoms with Crippen molar-refractivity contribution >= 4 is 11.4 Å². The average molecular weight is 237 g/mol. The number of anilines is 1. The van der Waals surface area contributed by atoms with Gasteiger partial charge in [0.1, 0.15) is 0 Å². The van der Waals surface area contributed by atoms with Crippen molar-refractivity contribution in [1.82, 2.24) is 0 Å². The van der Waals surface area contributed by atoms with E-state index in [4.69, 9.17) is 5.73 Å². The zero-order valence-electron chi connectivity index (χ0n) is 10.3. The van der Waals surface area contributed by atoms with Crippen LogP contribution in [0.4, 0.5) is 11.4 Å². The van der Waals surface area contributed by atoms with Gasteiger partial charge in [-0.15, -0.1) is 0 Å². The van der Waals surface area contributed by atoms with Crippen molar-refractivity contribution in [2.75, 3.05) is 11.9 Å². The molecule has 0 atom stereocenters.